The van der Waals surface area contributed by atoms with Gasteiger partial charge in [0.2, 0.25) is 0 Å². The summed E-state index contributed by atoms with van der Waals surface area (Å²) < 4.78 is 0. The van der Waals surface area contributed by atoms with Gasteiger partial charge in [0.25, 0.3) is 0 Å². The third kappa shape index (κ3) is 5.70. The molecule has 0 heterocycles. The zero-order valence-corrected chi connectivity index (χ0v) is 14.1. The molecule has 0 aliphatic carbocycles. The molecule has 1 atom stereocenters. The number of phenols is 1. The maximum Gasteiger partial charge on any atom is 0.339 e. The Balaban J connectivity index is 2.83. The van der Waals surface area contributed by atoms with Crippen LogP contribution in [-0.4, -0.2) is 16.2 Å². The van der Waals surface area contributed by atoms with Crippen LogP contribution in [-0.2, 0) is 0 Å². The fourth-order valence-electron chi connectivity index (χ4n) is 3.03. The Morgan fingerprint density at radius 1 is 1.14 bits per heavy atom. The highest BCUT2D eigenvalue weighted by Crippen LogP contribution is 2.36. The molecule has 0 fully saturated rings. The summed E-state index contributed by atoms with van der Waals surface area (Å²) >= 11 is 0. The Morgan fingerprint density at radius 3 is 2.41 bits per heavy atom. The fraction of sp³-hybridized carbons (Fsp3) is 0.632. The number of carboxylic acids is 1. The van der Waals surface area contributed by atoms with Gasteiger partial charge < -0.3 is 10.2 Å². The first-order chi connectivity index (χ1) is 10.5. The van der Waals surface area contributed by atoms with Crippen LogP contribution in [0.15, 0.2) is 18.2 Å². The predicted molar refractivity (Wildman–Crippen MR) is 90.6 cm³/mol. The summed E-state index contributed by atoms with van der Waals surface area (Å²) in [6, 6.07) is 5.08. The van der Waals surface area contributed by atoms with Gasteiger partial charge in [-0.05, 0) is 36.3 Å². The van der Waals surface area contributed by atoms with Crippen molar-refractivity contribution in [2.45, 2.75) is 71.6 Å². The monoisotopic (exact) mass is 306 g/mol. The second-order valence-corrected chi connectivity index (χ2v) is 6.58. The third-order valence-corrected chi connectivity index (χ3v) is 4.15. The quantitative estimate of drug-likeness (QED) is 0.555. The highest BCUT2D eigenvalue weighted by molar-refractivity contribution is 5.91. The number of para-hydroxylation sites is 1. The van der Waals surface area contributed by atoms with Crippen molar-refractivity contribution in [1.29, 1.82) is 0 Å². The first-order valence-electron chi connectivity index (χ1n) is 8.52. The Kier molecular flexibility index (Phi) is 8.00. The van der Waals surface area contributed by atoms with E-state index in [2.05, 4.69) is 20.8 Å². The Labute approximate surface area is 134 Å². The molecule has 124 valence electrons. The van der Waals surface area contributed by atoms with Crippen LogP contribution in [0.4, 0.5) is 0 Å². The van der Waals surface area contributed by atoms with Crippen LogP contribution in [0.25, 0.3) is 0 Å². The van der Waals surface area contributed by atoms with Gasteiger partial charge in [-0.3, -0.25) is 0 Å². The van der Waals surface area contributed by atoms with E-state index in [4.69, 9.17) is 5.11 Å². The molecule has 3 nitrogen and oxygen atoms in total. The minimum absolute atomic E-state index is 0.0113. The van der Waals surface area contributed by atoms with Crippen LogP contribution in [0.5, 0.6) is 5.75 Å². The van der Waals surface area contributed by atoms with Crippen LogP contribution < -0.4 is 0 Å². The summed E-state index contributed by atoms with van der Waals surface area (Å²) in [7, 11) is 0. The van der Waals surface area contributed by atoms with Gasteiger partial charge in [-0.2, -0.15) is 0 Å². The number of rotatable bonds is 10. The van der Waals surface area contributed by atoms with Crippen molar-refractivity contribution < 1.29 is 15.0 Å². The number of carbonyl (C=O) groups is 1. The zero-order chi connectivity index (χ0) is 16.5. The molecule has 1 rings (SSSR count). The van der Waals surface area contributed by atoms with Crippen molar-refractivity contribution in [3.63, 3.8) is 0 Å². The Morgan fingerprint density at radius 2 is 1.82 bits per heavy atom. The molecular weight excluding hydrogens is 276 g/mol. The topological polar surface area (TPSA) is 57.5 Å². The highest BCUT2D eigenvalue weighted by Gasteiger charge is 2.20. The summed E-state index contributed by atoms with van der Waals surface area (Å²) in [6.45, 7) is 6.54. The van der Waals surface area contributed by atoms with E-state index in [1.807, 2.05) is 6.07 Å². The van der Waals surface area contributed by atoms with Crippen LogP contribution in [0, 0.1) is 5.92 Å². The summed E-state index contributed by atoms with van der Waals surface area (Å²) in [5, 5.41) is 19.5. The van der Waals surface area contributed by atoms with Gasteiger partial charge in [0.05, 0.1) is 0 Å². The molecule has 0 aliphatic rings. The van der Waals surface area contributed by atoms with E-state index in [9.17, 15) is 9.90 Å². The van der Waals surface area contributed by atoms with Gasteiger partial charge in [-0.15, -0.1) is 0 Å². The standard InChI is InChI=1S/C19H30O3/c1-4-5-6-7-8-10-15(13-14(2)3)16-11-9-12-17(18(16)20)19(21)22/h9,11-12,14-15,20H,4-8,10,13H2,1-3H3,(H,21,22). The molecule has 0 aliphatic heterocycles. The van der Waals surface area contributed by atoms with E-state index in [1.54, 1.807) is 6.07 Å². The SMILES string of the molecule is CCCCCCCC(CC(C)C)c1cccc(C(=O)O)c1O. The lowest BCUT2D eigenvalue weighted by Crippen LogP contribution is -2.06. The molecule has 1 aromatic rings. The van der Waals surface area contributed by atoms with Crippen LogP contribution in [0.2, 0.25) is 0 Å². The summed E-state index contributed by atoms with van der Waals surface area (Å²) in [4.78, 5) is 11.2. The van der Waals surface area contributed by atoms with Gasteiger partial charge in [-0.1, -0.05) is 65.0 Å². The van der Waals surface area contributed by atoms with Crippen molar-refractivity contribution in [1.82, 2.24) is 0 Å². The second-order valence-electron chi connectivity index (χ2n) is 6.58. The number of benzene rings is 1. The van der Waals surface area contributed by atoms with Crippen molar-refractivity contribution in [3.8, 4) is 5.75 Å². The first-order valence-corrected chi connectivity index (χ1v) is 8.52. The van der Waals surface area contributed by atoms with Gasteiger partial charge in [-0.25, -0.2) is 4.79 Å². The fourth-order valence-corrected chi connectivity index (χ4v) is 3.03. The molecule has 2 N–H and O–H groups in total. The van der Waals surface area contributed by atoms with Gasteiger partial charge in [0, 0.05) is 0 Å². The average Bonchev–Trinajstić information content (AvgIpc) is 2.45. The zero-order valence-electron chi connectivity index (χ0n) is 14.1. The lowest BCUT2D eigenvalue weighted by Gasteiger charge is -2.21. The highest BCUT2D eigenvalue weighted by atomic mass is 16.4. The number of carboxylic acid groups (broad SMARTS) is 1. The molecular formula is C19H30O3. The van der Waals surface area contributed by atoms with Crippen LogP contribution in [0.3, 0.4) is 0 Å². The lowest BCUT2D eigenvalue weighted by molar-refractivity contribution is 0.0693. The van der Waals surface area contributed by atoms with Crippen molar-refractivity contribution in [2.24, 2.45) is 5.92 Å². The molecule has 3 heteroatoms. The molecule has 1 unspecified atom stereocenters. The molecule has 0 amide bonds. The summed E-state index contributed by atoms with van der Waals surface area (Å²) in [5.74, 6) is -0.353. The smallest absolute Gasteiger partial charge is 0.339 e. The second kappa shape index (κ2) is 9.50. The number of aromatic hydroxyl groups is 1. The maximum absolute atomic E-state index is 11.2. The van der Waals surface area contributed by atoms with E-state index in [0.717, 1.165) is 24.8 Å². The lowest BCUT2D eigenvalue weighted by atomic mass is 9.85. The van der Waals surface area contributed by atoms with Gasteiger partial charge >= 0.3 is 5.97 Å². The van der Waals surface area contributed by atoms with Crippen molar-refractivity contribution in [3.05, 3.63) is 29.3 Å². The van der Waals surface area contributed by atoms with E-state index < -0.39 is 5.97 Å². The minimum atomic E-state index is -1.06. The third-order valence-electron chi connectivity index (χ3n) is 4.15. The van der Waals surface area contributed by atoms with Gasteiger partial charge in [0.1, 0.15) is 11.3 Å². The largest absolute Gasteiger partial charge is 0.507 e. The molecule has 22 heavy (non-hydrogen) atoms. The molecule has 1 aromatic carbocycles. The molecule has 0 spiro atoms. The van der Waals surface area contributed by atoms with E-state index in [-0.39, 0.29) is 17.2 Å². The molecule has 0 saturated heterocycles. The Hall–Kier alpha value is -1.51. The predicted octanol–water partition coefficient (Wildman–Crippen LogP) is 5.58. The number of aromatic carboxylic acids is 1. The maximum atomic E-state index is 11.2. The molecule has 0 aromatic heterocycles. The van der Waals surface area contributed by atoms with Crippen LogP contribution in [0.1, 0.15) is 87.6 Å². The van der Waals surface area contributed by atoms with Crippen molar-refractivity contribution >= 4 is 5.97 Å². The number of hydrogen-bond acceptors (Lipinski definition) is 2. The van der Waals surface area contributed by atoms with Crippen molar-refractivity contribution in [2.75, 3.05) is 0 Å². The normalized spacial score (nSPS) is 12.5. The Bertz CT molecular complexity index is 466. The van der Waals surface area contributed by atoms with Gasteiger partial charge in [0.15, 0.2) is 0 Å². The average molecular weight is 306 g/mol. The number of hydrogen-bond donors (Lipinski definition) is 2. The minimum Gasteiger partial charge on any atom is -0.507 e. The molecule has 0 radical (unpaired) electrons. The van der Waals surface area contributed by atoms with E-state index in [1.165, 1.54) is 31.7 Å². The number of unbranched alkanes of at least 4 members (excludes halogenated alkanes) is 4. The molecule has 0 bridgehead atoms. The van der Waals surface area contributed by atoms with E-state index in [0.29, 0.717) is 5.92 Å². The summed E-state index contributed by atoms with van der Waals surface area (Å²) in [6.07, 6.45) is 8.09. The van der Waals surface area contributed by atoms with Crippen LogP contribution >= 0.6 is 0 Å². The first kappa shape index (κ1) is 18.5. The summed E-state index contributed by atoms with van der Waals surface area (Å²) in [5.41, 5.74) is 0.807. The van der Waals surface area contributed by atoms with E-state index >= 15 is 0 Å². The molecule has 0 saturated carbocycles.